The second-order valence-corrected chi connectivity index (χ2v) is 4.41. The van der Waals surface area contributed by atoms with Crippen LogP contribution in [-0.4, -0.2) is 48.6 Å². The maximum absolute atomic E-state index is 11.2. The largest absolute Gasteiger partial charge is 0.480 e. The van der Waals surface area contributed by atoms with E-state index < -0.39 is 12.0 Å². The number of nitrogens with one attached hydrogen (secondary N) is 1. The van der Waals surface area contributed by atoms with Crippen molar-refractivity contribution in [2.75, 3.05) is 20.6 Å². The molecule has 0 aliphatic heterocycles. The van der Waals surface area contributed by atoms with E-state index in [1.165, 1.54) is 4.90 Å². The Bertz CT molecular complexity index is 239. The number of carboxylic acids is 1. The SMILES string of the molecule is CC(C)C(NCCCC(=O)N(C)C)C(=O)O. The Morgan fingerprint density at radius 2 is 1.88 bits per heavy atom. The maximum atomic E-state index is 11.2. The highest BCUT2D eigenvalue weighted by molar-refractivity contribution is 5.75. The third kappa shape index (κ3) is 5.70. The number of amides is 1. The van der Waals surface area contributed by atoms with E-state index in [2.05, 4.69) is 5.32 Å². The van der Waals surface area contributed by atoms with E-state index in [1.807, 2.05) is 13.8 Å². The molecule has 0 aromatic heterocycles. The molecule has 2 N–H and O–H groups in total. The summed E-state index contributed by atoms with van der Waals surface area (Å²) >= 11 is 0. The van der Waals surface area contributed by atoms with Gasteiger partial charge in [0.25, 0.3) is 0 Å². The lowest BCUT2D eigenvalue weighted by molar-refractivity contribution is -0.140. The minimum atomic E-state index is -0.839. The van der Waals surface area contributed by atoms with Gasteiger partial charge in [-0.1, -0.05) is 13.8 Å². The molecule has 94 valence electrons. The Balaban J connectivity index is 3.80. The number of rotatable bonds is 7. The minimum Gasteiger partial charge on any atom is -0.480 e. The molecule has 5 heteroatoms. The molecule has 0 aromatic rings. The van der Waals surface area contributed by atoms with Crippen molar-refractivity contribution in [1.82, 2.24) is 10.2 Å². The standard InChI is InChI=1S/C11H22N2O3/c1-8(2)10(11(15)16)12-7-5-6-9(14)13(3)4/h8,10,12H,5-7H2,1-4H3,(H,15,16). The molecule has 0 radical (unpaired) electrons. The number of carbonyl (C=O) groups excluding carboxylic acids is 1. The lowest BCUT2D eigenvalue weighted by Crippen LogP contribution is -2.41. The highest BCUT2D eigenvalue weighted by atomic mass is 16.4. The Morgan fingerprint density at radius 3 is 2.25 bits per heavy atom. The average Bonchev–Trinajstić information content (AvgIpc) is 2.15. The second kappa shape index (κ2) is 7.22. The smallest absolute Gasteiger partial charge is 0.320 e. The van der Waals surface area contributed by atoms with Crippen LogP contribution in [-0.2, 0) is 9.59 Å². The summed E-state index contributed by atoms with van der Waals surface area (Å²) in [5, 5.41) is 11.8. The Labute approximate surface area is 96.8 Å². The first-order valence-corrected chi connectivity index (χ1v) is 5.52. The molecule has 0 aliphatic carbocycles. The van der Waals surface area contributed by atoms with Crippen LogP contribution in [0.4, 0.5) is 0 Å². The fourth-order valence-corrected chi connectivity index (χ4v) is 1.33. The van der Waals surface area contributed by atoms with Gasteiger partial charge in [0, 0.05) is 20.5 Å². The normalized spacial score (nSPS) is 12.6. The number of carboxylic acid groups (broad SMARTS) is 1. The van der Waals surface area contributed by atoms with Gasteiger partial charge >= 0.3 is 5.97 Å². The molecule has 0 spiro atoms. The quantitative estimate of drug-likeness (QED) is 0.627. The molecular formula is C11H22N2O3. The zero-order valence-electron chi connectivity index (χ0n) is 10.5. The Morgan fingerprint density at radius 1 is 1.31 bits per heavy atom. The second-order valence-electron chi connectivity index (χ2n) is 4.41. The van der Waals surface area contributed by atoms with E-state index in [-0.39, 0.29) is 11.8 Å². The lowest BCUT2D eigenvalue weighted by Gasteiger charge is -2.18. The molecule has 0 aliphatic rings. The summed E-state index contributed by atoms with van der Waals surface area (Å²) in [6, 6.07) is -0.533. The van der Waals surface area contributed by atoms with Crippen LogP contribution < -0.4 is 5.32 Å². The summed E-state index contributed by atoms with van der Waals surface area (Å²) in [6.07, 6.45) is 1.11. The monoisotopic (exact) mass is 230 g/mol. The summed E-state index contributed by atoms with van der Waals surface area (Å²) in [7, 11) is 3.42. The predicted molar refractivity (Wildman–Crippen MR) is 62.2 cm³/mol. The summed E-state index contributed by atoms with van der Waals surface area (Å²) in [6.45, 7) is 4.27. The maximum Gasteiger partial charge on any atom is 0.320 e. The zero-order valence-corrected chi connectivity index (χ0v) is 10.5. The van der Waals surface area contributed by atoms with Gasteiger partial charge in [-0.05, 0) is 18.9 Å². The van der Waals surface area contributed by atoms with Gasteiger partial charge in [-0.2, -0.15) is 0 Å². The van der Waals surface area contributed by atoms with Crippen molar-refractivity contribution in [2.24, 2.45) is 5.92 Å². The number of carbonyl (C=O) groups is 2. The van der Waals surface area contributed by atoms with E-state index in [1.54, 1.807) is 14.1 Å². The van der Waals surface area contributed by atoms with Crippen LogP contribution >= 0.6 is 0 Å². The molecule has 0 saturated carbocycles. The van der Waals surface area contributed by atoms with Crippen molar-refractivity contribution in [2.45, 2.75) is 32.7 Å². The van der Waals surface area contributed by atoms with Crippen molar-refractivity contribution in [3.8, 4) is 0 Å². The predicted octanol–water partition coefficient (Wildman–Crippen LogP) is 0.554. The fourth-order valence-electron chi connectivity index (χ4n) is 1.33. The molecule has 0 aromatic carbocycles. The third-order valence-corrected chi connectivity index (χ3v) is 2.36. The van der Waals surface area contributed by atoms with E-state index in [4.69, 9.17) is 5.11 Å². The van der Waals surface area contributed by atoms with Crippen molar-refractivity contribution >= 4 is 11.9 Å². The van der Waals surface area contributed by atoms with Crippen LogP contribution in [0.1, 0.15) is 26.7 Å². The van der Waals surface area contributed by atoms with E-state index in [0.717, 1.165) is 0 Å². The van der Waals surface area contributed by atoms with Gasteiger partial charge in [0.1, 0.15) is 6.04 Å². The topological polar surface area (TPSA) is 69.6 Å². The van der Waals surface area contributed by atoms with Gasteiger partial charge < -0.3 is 15.3 Å². The summed E-state index contributed by atoms with van der Waals surface area (Å²) in [5.41, 5.74) is 0. The molecule has 16 heavy (non-hydrogen) atoms. The van der Waals surface area contributed by atoms with Crippen LogP contribution in [0.2, 0.25) is 0 Å². The summed E-state index contributed by atoms with van der Waals surface area (Å²) < 4.78 is 0. The molecule has 1 unspecified atom stereocenters. The first kappa shape index (κ1) is 14.9. The van der Waals surface area contributed by atoms with E-state index in [0.29, 0.717) is 19.4 Å². The van der Waals surface area contributed by atoms with Crippen molar-refractivity contribution in [3.05, 3.63) is 0 Å². The van der Waals surface area contributed by atoms with Gasteiger partial charge in [0.15, 0.2) is 0 Å². The van der Waals surface area contributed by atoms with Crippen LogP contribution in [0.15, 0.2) is 0 Å². The van der Waals surface area contributed by atoms with Gasteiger partial charge in [-0.15, -0.1) is 0 Å². The molecule has 0 fully saturated rings. The molecule has 0 heterocycles. The van der Waals surface area contributed by atoms with E-state index >= 15 is 0 Å². The Kier molecular flexibility index (Phi) is 6.72. The molecular weight excluding hydrogens is 208 g/mol. The molecule has 5 nitrogen and oxygen atoms in total. The molecule has 0 saturated heterocycles. The highest BCUT2D eigenvalue weighted by Crippen LogP contribution is 2.02. The van der Waals surface area contributed by atoms with Crippen LogP contribution in [0.25, 0.3) is 0 Å². The first-order chi connectivity index (χ1) is 7.36. The number of nitrogens with zero attached hydrogens (tertiary/aromatic N) is 1. The first-order valence-electron chi connectivity index (χ1n) is 5.52. The molecule has 1 amide bonds. The highest BCUT2D eigenvalue weighted by Gasteiger charge is 2.20. The van der Waals surface area contributed by atoms with Gasteiger partial charge in [0.05, 0.1) is 0 Å². The van der Waals surface area contributed by atoms with Crippen LogP contribution in [0, 0.1) is 5.92 Å². The lowest BCUT2D eigenvalue weighted by atomic mass is 10.0. The number of aliphatic carboxylic acids is 1. The summed E-state index contributed by atoms with van der Waals surface area (Å²) in [4.78, 5) is 23.6. The van der Waals surface area contributed by atoms with Gasteiger partial charge in [-0.3, -0.25) is 9.59 Å². The van der Waals surface area contributed by atoms with Crippen LogP contribution in [0.5, 0.6) is 0 Å². The van der Waals surface area contributed by atoms with Crippen molar-refractivity contribution in [1.29, 1.82) is 0 Å². The fraction of sp³-hybridized carbons (Fsp3) is 0.818. The van der Waals surface area contributed by atoms with E-state index in [9.17, 15) is 9.59 Å². The number of hydrogen-bond acceptors (Lipinski definition) is 3. The van der Waals surface area contributed by atoms with Gasteiger partial charge in [0.2, 0.25) is 5.91 Å². The third-order valence-electron chi connectivity index (χ3n) is 2.36. The average molecular weight is 230 g/mol. The van der Waals surface area contributed by atoms with Crippen molar-refractivity contribution < 1.29 is 14.7 Å². The van der Waals surface area contributed by atoms with Crippen LogP contribution in [0.3, 0.4) is 0 Å². The zero-order chi connectivity index (χ0) is 12.7. The number of hydrogen-bond donors (Lipinski definition) is 2. The summed E-state index contributed by atoms with van der Waals surface area (Å²) in [5.74, 6) is -0.728. The molecule has 0 bridgehead atoms. The molecule has 0 rings (SSSR count). The van der Waals surface area contributed by atoms with Gasteiger partial charge in [-0.25, -0.2) is 0 Å². The minimum absolute atomic E-state index is 0.0436. The Hall–Kier alpha value is -1.10. The van der Waals surface area contributed by atoms with Crippen molar-refractivity contribution in [3.63, 3.8) is 0 Å². The molecule has 1 atom stereocenters.